The Balaban J connectivity index is 2.07. The third-order valence-electron chi connectivity index (χ3n) is 3.21. The zero-order valence-electron chi connectivity index (χ0n) is 13.1. The normalized spacial score (nSPS) is 11.3. The van der Waals surface area contributed by atoms with Crippen molar-refractivity contribution in [3.63, 3.8) is 0 Å². The molecule has 0 saturated heterocycles. The Morgan fingerprint density at radius 1 is 1.09 bits per heavy atom. The number of hydrogen-bond acceptors (Lipinski definition) is 6. The van der Waals surface area contributed by atoms with Crippen LogP contribution in [-0.2, 0) is 16.0 Å². The Kier molecular flexibility index (Phi) is 7.26. The van der Waals surface area contributed by atoms with Gasteiger partial charge in [-0.25, -0.2) is 0 Å². The smallest absolute Gasteiger partial charge is 0.249 e. The van der Waals surface area contributed by atoms with Crippen LogP contribution >= 0.6 is 23.2 Å². The van der Waals surface area contributed by atoms with Gasteiger partial charge in [0.25, 0.3) is 0 Å². The third-order valence-corrected chi connectivity index (χ3v) is 3.76. The zero-order valence-corrected chi connectivity index (χ0v) is 14.6. The van der Waals surface area contributed by atoms with E-state index in [0.717, 1.165) is 13.1 Å². The van der Waals surface area contributed by atoms with E-state index in [0.29, 0.717) is 47.1 Å². The van der Waals surface area contributed by atoms with Crippen molar-refractivity contribution in [3.8, 4) is 11.5 Å². The summed E-state index contributed by atoms with van der Waals surface area (Å²) in [4.78, 5) is 2.12. The Bertz CT molecular complexity index is 614. The van der Waals surface area contributed by atoms with Gasteiger partial charge in [-0.05, 0) is 18.2 Å². The number of nitrogens with zero attached hydrogens (tertiary/aromatic N) is 3. The fraction of sp³-hybridized carbons (Fsp3) is 0.467. The molecule has 1 aromatic heterocycles. The summed E-state index contributed by atoms with van der Waals surface area (Å²) in [5, 5.41) is 9.17. The van der Waals surface area contributed by atoms with Gasteiger partial charge in [-0.15, -0.1) is 10.2 Å². The fourth-order valence-corrected chi connectivity index (χ4v) is 2.48. The van der Waals surface area contributed by atoms with E-state index in [1.807, 2.05) is 0 Å². The van der Waals surface area contributed by atoms with Crippen LogP contribution in [0.5, 0.6) is 0 Å². The quantitative estimate of drug-likeness (QED) is 0.685. The Hall–Kier alpha value is -1.18. The van der Waals surface area contributed by atoms with Gasteiger partial charge in [0.05, 0.1) is 30.3 Å². The van der Waals surface area contributed by atoms with Crippen LogP contribution in [0.4, 0.5) is 0 Å². The predicted molar refractivity (Wildman–Crippen MR) is 88.8 cm³/mol. The van der Waals surface area contributed by atoms with Gasteiger partial charge < -0.3 is 13.9 Å². The summed E-state index contributed by atoms with van der Waals surface area (Å²) in [5.41, 5.74) is 0.662. The van der Waals surface area contributed by atoms with E-state index in [9.17, 15) is 0 Å². The number of halogens is 2. The van der Waals surface area contributed by atoms with E-state index in [1.54, 1.807) is 32.4 Å². The predicted octanol–water partition coefficient (Wildman–Crippen LogP) is 3.14. The summed E-state index contributed by atoms with van der Waals surface area (Å²) in [6.45, 7) is 3.25. The molecule has 0 aliphatic rings. The van der Waals surface area contributed by atoms with Gasteiger partial charge in [0.1, 0.15) is 0 Å². The maximum Gasteiger partial charge on any atom is 0.249 e. The Labute approximate surface area is 145 Å². The summed E-state index contributed by atoms with van der Waals surface area (Å²) in [6.07, 6.45) is 0. The van der Waals surface area contributed by atoms with E-state index in [1.165, 1.54) is 0 Å². The highest BCUT2D eigenvalue weighted by atomic mass is 35.5. The minimum absolute atomic E-state index is 0.375. The van der Waals surface area contributed by atoms with Crippen molar-refractivity contribution in [1.29, 1.82) is 0 Å². The standard InChI is InChI=1S/C15H19Cl2N3O3/c1-21-7-5-20(6-8-22-2)10-14-18-19-15(23-14)12-4-3-11(16)9-13(12)17/h3-4,9H,5-8,10H2,1-2H3. The third kappa shape index (κ3) is 5.44. The molecule has 1 aromatic carbocycles. The van der Waals surface area contributed by atoms with E-state index < -0.39 is 0 Å². The largest absolute Gasteiger partial charge is 0.419 e. The highest BCUT2D eigenvalue weighted by molar-refractivity contribution is 6.36. The molecular weight excluding hydrogens is 341 g/mol. The SMILES string of the molecule is COCCN(CCOC)Cc1nnc(-c2ccc(Cl)cc2Cl)o1. The molecule has 0 N–H and O–H groups in total. The molecule has 0 atom stereocenters. The lowest BCUT2D eigenvalue weighted by Crippen LogP contribution is -2.30. The number of methoxy groups -OCH3 is 2. The van der Waals surface area contributed by atoms with Gasteiger partial charge in [-0.3, -0.25) is 4.90 Å². The minimum Gasteiger partial charge on any atom is -0.419 e. The first-order chi connectivity index (χ1) is 11.1. The summed E-state index contributed by atoms with van der Waals surface area (Å²) in [5.74, 6) is 0.887. The molecule has 2 rings (SSSR count). The van der Waals surface area contributed by atoms with Gasteiger partial charge in [0.2, 0.25) is 11.8 Å². The van der Waals surface area contributed by atoms with Crippen molar-refractivity contribution in [2.75, 3.05) is 40.5 Å². The molecule has 8 heteroatoms. The molecule has 0 saturated carbocycles. The monoisotopic (exact) mass is 359 g/mol. The first-order valence-corrected chi connectivity index (χ1v) is 7.87. The molecule has 0 aliphatic heterocycles. The average molecular weight is 360 g/mol. The molecule has 126 valence electrons. The molecule has 6 nitrogen and oxygen atoms in total. The molecular formula is C15H19Cl2N3O3. The van der Waals surface area contributed by atoms with Crippen molar-refractivity contribution in [3.05, 3.63) is 34.1 Å². The summed E-state index contributed by atoms with van der Waals surface area (Å²) in [7, 11) is 3.34. The lowest BCUT2D eigenvalue weighted by atomic mass is 10.2. The molecule has 23 heavy (non-hydrogen) atoms. The Morgan fingerprint density at radius 3 is 2.39 bits per heavy atom. The topological polar surface area (TPSA) is 60.6 Å². The van der Waals surface area contributed by atoms with E-state index in [2.05, 4.69) is 15.1 Å². The number of aromatic nitrogens is 2. The van der Waals surface area contributed by atoms with Gasteiger partial charge in [0.15, 0.2) is 0 Å². The van der Waals surface area contributed by atoms with Crippen molar-refractivity contribution >= 4 is 23.2 Å². The summed E-state index contributed by atoms with van der Waals surface area (Å²) >= 11 is 12.1. The Morgan fingerprint density at radius 2 is 1.78 bits per heavy atom. The molecule has 0 fully saturated rings. The van der Waals surface area contributed by atoms with Gasteiger partial charge in [0, 0.05) is 32.3 Å². The van der Waals surface area contributed by atoms with E-state index in [4.69, 9.17) is 37.1 Å². The molecule has 0 radical (unpaired) electrons. The highest BCUT2D eigenvalue weighted by Crippen LogP contribution is 2.29. The lowest BCUT2D eigenvalue weighted by Gasteiger charge is -2.19. The van der Waals surface area contributed by atoms with Crippen molar-refractivity contribution in [2.45, 2.75) is 6.54 Å². The molecule has 0 unspecified atom stereocenters. The highest BCUT2D eigenvalue weighted by Gasteiger charge is 2.15. The van der Waals surface area contributed by atoms with Gasteiger partial charge in [-0.2, -0.15) is 0 Å². The van der Waals surface area contributed by atoms with Crippen molar-refractivity contribution in [1.82, 2.24) is 15.1 Å². The van der Waals surface area contributed by atoms with E-state index >= 15 is 0 Å². The number of hydrogen-bond donors (Lipinski definition) is 0. The molecule has 0 aliphatic carbocycles. The second kappa shape index (κ2) is 9.20. The minimum atomic E-state index is 0.375. The maximum atomic E-state index is 6.16. The molecule has 0 amide bonds. The van der Waals surface area contributed by atoms with Gasteiger partial charge in [-0.1, -0.05) is 23.2 Å². The zero-order chi connectivity index (χ0) is 16.7. The number of rotatable bonds is 9. The summed E-state index contributed by atoms with van der Waals surface area (Å²) in [6, 6.07) is 5.14. The fourth-order valence-electron chi connectivity index (χ4n) is 1.99. The first kappa shape index (κ1) is 18.2. The van der Waals surface area contributed by atoms with Crippen molar-refractivity contribution < 1.29 is 13.9 Å². The van der Waals surface area contributed by atoms with Crippen molar-refractivity contribution in [2.24, 2.45) is 0 Å². The van der Waals surface area contributed by atoms with Crippen LogP contribution in [0, 0.1) is 0 Å². The molecule has 0 spiro atoms. The van der Waals surface area contributed by atoms with Crippen LogP contribution in [0.15, 0.2) is 22.6 Å². The summed E-state index contributed by atoms with van der Waals surface area (Å²) < 4.78 is 15.9. The van der Waals surface area contributed by atoms with Crippen LogP contribution in [0.25, 0.3) is 11.5 Å². The lowest BCUT2D eigenvalue weighted by molar-refractivity contribution is 0.105. The van der Waals surface area contributed by atoms with E-state index in [-0.39, 0.29) is 0 Å². The van der Waals surface area contributed by atoms with Crippen LogP contribution < -0.4 is 0 Å². The number of ether oxygens (including phenoxy) is 2. The van der Waals surface area contributed by atoms with Crippen LogP contribution in [0.2, 0.25) is 10.0 Å². The average Bonchev–Trinajstić information content (AvgIpc) is 2.98. The number of benzene rings is 1. The maximum absolute atomic E-state index is 6.16. The van der Waals surface area contributed by atoms with Crippen LogP contribution in [0.1, 0.15) is 5.89 Å². The first-order valence-electron chi connectivity index (χ1n) is 7.12. The second-order valence-corrected chi connectivity index (χ2v) is 5.73. The molecule has 0 bridgehead atoms. The van der Waals surface area contributed by atoms with Crippen LogP contribution in [-0.4, -0.2) is 55.6 Å². The van der Waals surface area contributed by atoms with Crippen LogP contribution in [0.3, 0.4) is 0 Å². The molecule has 1 heterocycles. The van der Waals surface area contributed by atoms with Gasteiger partial charge >= 0.3 is 0 Å². The second-order valence-electron chi connectivity index (χ2n) is 4.89. The molecule has 2 aromatic rings.